The largest absolute Gasteiger partial charge is 0.475 e. The zero-order valence-electron chi connectivity index (χ0n) is 26.8. The lowest BCUT2D eigenvalue weighted by molar-refractivity contribution is -0.152. The van der Waals surface area contributed by atoms with Gasteiger partial charge in [-0.05, 0) is 128 Å². The van der Waals surface area contributed by atoms with E-state index in [1.807, 2.05) is 43.3 Å². The van der Waals surface area contributed by atoms with E-state index in [2.05, 4.69) is 46.5 Å². The molecule has 0 saturated carbocycles. The second kappa shape index (κ2) is 13.4. The van der Waals surface area contributed by atoms with Crippen molar-refractivity contribution in [3.8, 4) is 17.2 Å². The summed E-state index contributed by atoms with van der Waals surface area (Å²) in [7, 11) is 0. The summed E-state index contributed by atoms with van der Waals surface area (Å²) in [5.41, 5.74) is 19.9. The van der Waals surface area contributed by atoms with Crippen molar-refractivity contribution >= 4 is 29.0 Å². The van der Waals surface area contributed by atoms with Crippen LogP contribution in [0.2, 0.25) is 0 Å². The van der Waals surface area contributed by atoms with Crippen LogP contribution < -0.4 is 25.7 Å². The number of carbonyl (C=O) groups excluding carboxylic acids is 2. The van der Waals surface area contributed by atoms with Crippen LogP contribution in [0, 0.1) is 27.7 Å². The minimum Gasteiger partial charge on any atom is -0.475 e. The number of hydrogen-bond acceptors (Lipinski definition) is 6. The van der Waals surface area contributed by atoms with Gasteiger partial charge in [0.05, 0.1) is 0 Å². The maximum absolute atomic E-state index is 13.4. The van der Waals surface area contributed by atoms with Crippen molar-refractivity contribution in [3.05, 3.63) is 87.5 Å². The lowest BCUT2D eigenvalue weighted by Gasteiger charge is -2.36. The molecule has 8 heteroatoms. The molecule has 0 saturated heterocycles. The Morgan fingerprint density at radius 3 is 1.80 bits per heavy atom. The van der Waals surface area contributed by atoms with Crippen molar-refractivity contribution < 1.29 is 23.8 Å². The molecule has 3 aromatic carbocycles. The molecule has 0 aromatic heterocycles. The number of fused-ring (bicyclic) bond motifs is 1. The smallest absolute Gasteiger partial charge is 0.355 e. The van der Waals surface area contributed by atoms with Gasteiger partial charge in [-0.15, -0.1) is 0 Å². The van der Waals surface area contributed by atoms with Gasteiger partial charge < -0.3 is 25.7 Å². The molecule has 1 unspecified atom stereocenters. The van der Waals surface area contributed by atoms with Gasteiger partial charge in [-0.2, -0.15) is 0 Å². The number of guanidine groups is 1. The number of nitrogens with zero attached hydrogens (tertiary/aromatic N) is 1. The molecule has 0 bridgehead atoms. The summed E-state index contributed by atoms with van der Waals surface area (Å²) in [6.45, 7) is 14.2. The molecule has 1 aliphatic heterocycles. The van der Waals surface area contributed by atoms with Crippen molar-refractivity contribution in [1.82, 2.24) is 0 Å². The van der Waals surface area contributed by atoms with Gasteiger partial charge in [0.25, 0.3) is 0 Å². The first-order valence-electron chi connectivity index (χ1n) is 15.1. The summed E-state index contributed by atoms with van der Waals surface area (Å²) in [4.78, 5) is 29.0. The lowest BCUT2D eigenvalue weighted by Crippen LogP contribution is -2.47. The van der Waals surface area contributed by atoms with E-state index in [4.69, 9.17) is 25.7 Å². The number of esters is 2. The topological polar surface area (TPSA) is 126 Å². The standard InChI is InChI=1S/C36H43N3O5/c1-8-29(25-10-14-27(15-11-25)42-32(40)20-39-35(37)38)30(9-2)26-12-16-28(17-13-26)43-34(41)36(7)19-18-31-23(5)21(3)22(4)24(6)33(31)44-36/h10-17H,8-9,18-20H2,1-7H3,(H4,37,38,39). The van der Waals surface area contributed by atoms with E-state index in [0.29, 0.717) is 17.9 Å². The summed E-state index contributed by atoms with van der Waals surface area (Å²) in [5, 5.41) is 0. The first kappa shape index (κ1) is 32.3. The third kappa shape index (κ3) is 6.80. The monoisotopic (exact) mass is 597 g/mol. The Morgan fingerprint density at radius 1 is 0.795 bits per heavy atom. The summed E-state index contributed by atoms with van der Waals surface area (Å²) in [5.74, 6) is 0.597. The highest BCUT2D eigenvalue weighted by Crippen LogP contribution is 2.41. The molecule has 0 radical (unpaired) electrons. The summed E-state index contributed by atoms with van der Waals surface area (Å²) in [6, 6.07) is 15.0. The molecule has 1 aliphatic rings. The predicted molar refractivity (Wildman–Crippen MR) is 175 cm³/mol. The van der Waals surface area contributed by atoms with Crippen LogP contribution in [0.3, 0.4) is 0 Å². The highest BCUT2D eigenvalue weighted by atomic mass is 16.6. The van der Waals surface area contributed by atoms with E-state index in [1.54, 1.807) is 12.1 Å². The molecule has 0 amide bonds. The first-order valence-corrected chi connectivity index (χ1v) is 15.1. The molecule has 1 heterocycles. The van der Waals surface area contributed by atoms with Crippen molar-refractivity contribution in [2.75, 3.05) is 6.54 Å². The molecular formula is C36H43N3O5. The van der Waals surface area contributed by atoms with Gasteiger partial charge in [-0.3, -0.25) is 0 Å². The van der Waals surface area contributed by atoms with Crippen LogP contribution >= 0.6 is 0 Å². The number of ether oxygens (including phenoxy) is 3. The quantitative estimate of drug-likeness (QED) is 0.0945. The molecule has 4 N–H and O–H groups in total. The van der Waals surface area contributed by atoms with E-state index in [1.165, 1.54) is 33.4 Å². The number of hydrogen-bond donors (Lipinski definition) is 2. The Kier molecular flexibility index (Phi) is 9.82. The lowest BCUT2D eigenvalue weighted by atomic mass is 9.85. The third-order valence-electron chi connectivity index (χ3n) is 8.68. The fourth-order valence-corrected chi connectivity index (χ4v) is 5.74. The maximum atomic E-state index is 13.4. The number of nitrogens with two attached hydrogens (primary N) is 2. The van der Waals surface area contributed by atoms with Crippen LogP contribution in [0.5, 0.6) is 17.2 Å². The number of benzene rings is 3. The Balaban J connectivity index is 1.50. The van der Waals surface area contributed by atoms with Gasteiger partial charge in [0.15, 0.2) is 5.96 Å². The number of aliphatic imine (C=N–C) groups is 1. The number of rotatable bonds is 9. The minimum atomic E-state index is -1.07. The fourth-order valence-electron chi connectivity index (χ4n) is 5.74. The predicted octanol–water partition coefficient (Wildman–Crippen LogP) is 6.52. The van der Waals surface area contributed by atoms with E-state index >= 15 is 0 Å². The zero-order valence-corrected chi connectivity index (χ0v) is 26.8. The Bertz CT molecular complexity index is 1620. The van der Waals surface area contributed by atoms with Crippen LogP contribution in [0.1, 0.15) is 79.0 Å². The van der Waals surface area contributed by atoms with E-state index in [-0.39, 0.29) is 12.5 Å². The van der Waals surface area contributed by atoms with Gasteiger partial charge in [-0.25, -0.2) is 14.6 Å². The first-order chi connectivity index (χ1) is 20.9. The van der Waals surface area contributed by atoms with Crippen molar-refractivity contribution in [1.29, 1.82) is 0 Å². The SMILES string of the molecule is CCC(=C(CC)c1ccc(OC(=O)C2(C)CCc3c(C)c(C)c(C)c(C)c3O2)cc1)c1ccc(OC(=O)CN=C(N)N)cc1. The molecule has 3 aromatic rings. The summed E-state index contributed by atoms with van der Waals surface area (Å²) < 4.78 is 17.6. The number of allylic oxidation sites excluding steroid dienone is 2. The molecule has 0 fully saturated rings. The van der Waals surface area contributed by atoms with Crippen molar-refractivity contribution in [2.24, 2.45) is 16.5 Å². The van der Waals surface area contributed by atoms with Gasteiger partial charge in [0.1, 0.15) is 23.8 Å². The maximum Gasteiger partial charge on any atom is 0.355 e. The van der Waals surface area contributed by atoms with Crippen LogP contribution in [0.25, 0.3) is 11.1 Å². The average molecular weight is 598 g/mol. The molecular weight excluding hydrogens is 554 g/mol. The Hall–Kier alpha value is -4.59. The van der Waals surface area contributed by atoms with Gasteiger partial charge in [0, 0.05) is 6.42 Å². The molecule has 1 atom stereocenters. The zero-order chi connectivity index (χ0) is 32.2. The normalized spacial score (nSPS) is 16.2. The van der Waals surface area contributed by atoms with Crippen molar-refractivity contribution in [3.63, 3.8) is 0 Å². The summed E-state index contributed by atoms with van der Waals surface area (Å²) in [6.07, 6.45) is 2.93. The highest BCUT2D eigenvalue weighted by molar-refractivity contribution is 5.91. The second-order valence-electron chi connectivity index (χ2n) is 11.5. The summed E-state index contributed by atoms with van der Waals surface area (Å²) >= 11 is 0. The molecule has 0 spiro atoms. The van der Waals surface area contributed by atoms with Gasteiger partial charge in [0.2, 0.25) is 5.60 Å². The van der Waals surface area contributed by atoms with Crippen LogP contribution in [-0.4, -0.2) is 30.0 Å². The molecule has 0 aliphatic carbocycles. The molecule has 232 valence electrons. The van der Waals surface area contributed by atoms with E-state index < -0.39 is 17.5 Å². The number of carbonyl (C=O) groups is 2. The fraction of sp³-hybridized carbons (Fsp3) is 0.361. The van der Waals surface area contributed by atoms with Crippen LogP contribution in [0.15, 0.2) is 53.5 Å². The van der Waals surface area contributed by atoms with Gasteiger partial charge >= 0.3 is 11.9 Å². The van der Waals surface area contributed by atoms with Crippen LogP contribution in [0.4, 0.5) is 0 Å². The molecule has 4 rings (SSSR count). The average Bonchev–Trinajstić information content (AvgIpc) is 3.01. The van der Waals surface area contributed by atoms with E-state index in [9.17, 15) is 9.59 Å². The second-order valence-corrected chi connectivity index (χ2v) is 11.5. The van der Waals surface area contributed by atoms with E-state index in [0.717, 1.165) is 41.7 Å². The highest BCUT2D eigenvalue weighted by Gasteiger charge is 2.42. The Morgan fingerprint density at radius 2 is 1.30 bits per heavy atom. The molecule has 8 nitrogen and oxygen atoms in total. The third-order valence-corrected chi connectivity index (χ3v) is 8.68. The van der Waals surface area contributed by atoms with Crippen molar-refractivity contribution in [2.45, 2.75) is 79.8 Å². The Labute approximate surface area is 260 Å². The van der Waals surface area contributed by atoms with Crippen LogP contribution in [-0.2, 0) is 16.0 Å². The molecule has 44 heavy (non-hydrogen) atoms. The minimum absolute atomic E-state index is 0.165. The van der Waals surface area contributed by atoms with Gasteiger partial charge in [-0.1, -0.05) is 38.1 Å².